The van der Waals surface area contributed by atoms with E-state index >= 15 is 0 Å². The molecule has 0 saturated heterocycles. The maximum atomic E-state index is 5.68. The van der Waals surface area contributed by atoms with Gasteiger partial charge in [0.15, 0.2) is 5.65 Å². The normalized spacial score (nSPS) is 10.8. The highest BCUT2D eigenvalue weighted by Crippen LogP contribution is 2.07. The lowest BCUT2D eigenvalue weighted by Gasteiger charge is -1.89. The summed E-state index contributed by atoms with van der Waals surface area (Å²) < 4.78 is 1.62. The lowest BCUT2D eigenvalue weighted by atomic mass is 10.5. The highest BCUT2D eigenvalue weighted by atomic mass is 35.5. The van der Waals surface area contributed by atoms with Gasteiger partial charge >= 0.3 is 0 Å². The van der Waals surface area contributed by atoms with Crippen LogP contribution in [0.25, 0.3) is 5.65 Å². The van der Waals surface area contributed by atoms with Crippen molar-refractivity contribution in [1.82, 2.24) is 14.6 Å². The van der Waals surface area contributed by atoms with Crippen molar-refractivity contribution in [3.05, 3.63) is 29.2 Å². The molecular weight excluding hydrogens is 176 g/mol. The predicted molar refractivity (Wildman–Crippen MR) is 45.9 cm³/mol. The molecule has 0 aromatic carbocycles. The summed E-state index contributed by atoms with van der Waals surface area (Å²) in [6.45, 7) is 0.418. The molecule has 2 aromatic rings. The molecule has 12 heavy (non-hydrogen) atoms. The van der Waals surface area contributed by atoms with Gasteiger partial charge in [0.2, 0.25) is 0 Å². The average Bonchev–Trinajstić information content (AvgIpc) is 2.46. The smallest absolute Gasteiger partial charge is 0.153 e. The summed E-state index contributed by atoms with van der Waals surface area (Å²) in [5.74, 6) is 0. The molecule has 0 radical (unpaired) electrons. The average molecular weight is 183 g/mol. The topological polar surface area (TPSA) is 56.2 Å². The van der Waals surface area contributed by atoms with Crippen LogP contribution >= 0.6 is 11.6 Å². The molecule has 0 aliphatic carbocycles. The minimum absolute atomic E-state index is 0.418. The van der Waals surface area contributed by atoms with Crippen LogP contribution in [0.5, 0.6) is 0 Å². The van der Waals surface area contributed by atoms with E-state index in [2.05, 4.69) is 10.1 Å². The third-order valence-electron chi connectivity index (χ3n) is 1.55. The van der Waals surface area contributed by atoms with E-state index in [0.717, 1.165) is 11.3 Å². The van der Waals surface area contributed by atoms with Crippen LogP contribution in [0.1, 0.15) is 5.69 Å². The Labute approximate surface area is 74.0 Å². The predicted octanol–water partition coefficient (Wildman–Crippen LogP) is 0.841. The number of aromatic nitrogens is 3. The third-order valence-corrected chi connectivity index (χ3v) is 1.75. The minimum Gasteiger partial charge on any atom is -0.325 e. The Kier molecular flexibility index (Phi) is 1.71. The molecule has 0 amide bonds. The molecule has 0 spiro atoms. The molecule has 0 fully saturated rings. The lowest BCUT2D eigenvalue weighted by Crippen LogP contribution is -1.95. The van der Waals surface area contributed by atoms with Crippen LogP contribution in [-0.2, 0) is 6.54 Å². The minimum atomic E-state index is 0.418. The van der Waals surface area contributed by atoms with E-state index in [1.807, 2.05) is 0 Å². The fourth-order valence-corrected chi connectivity index (χ4v) is 1.15. The molecule has 62 valence electrons. The van der Waals surface area contributed by atoms with Crippen molar-refractivity contribution < 1.29 is 0 Å². The first kappa shape index (κ1) is 7.52. The molecular formula is C7H7ClN4. The SMILES string of the molecule is NCc1cn2nc(Cl)ccc2n1. The van der Waals surface area contributed by atoms with E-state index in [-0.39, 0.29) is 0 Å². The second-order valence-electron chi connectivity index (χ2n) is 2.40. The van der Waals surface area contributed by atoms with Gasteiger partial charge in [-0.25, -0.2) is 9.50 Å². The number of fused-ring (bicyclic) bond motifs is 1. The summed E-state index contributed by atoms with van der Waals surface area (Å²) in [4.78, 5) is 4.19. The standard InChI is InChI=1S/C7H7ClN4/c8-6-1-2-7-10-5(3-9)4-12(7)11-6/h1-2,4H,3,9H2. The van der Waals surface area contributed by atoms with Gasteiger partial charge in [0.05, 0.1) is 11.9 Å². The van der Waals surface area contributed by atoms with Gasteiger partial charge in [0.1, 0.15) is 5.15 Å². The number of halogens is 1. The van der Waals surface area contributed by atoms with Crippen molar-refractivity contribution in [2.45, 2.75) is 6.54 Å². The summed E-state index contributed by atoms with van der Waals surface area (Å²) in [5.41, 5.74) is 6.99. The van der Waals surface area contributed by atoms with Crippen molar-refractivity contribution in [1.29, 1.82) is 0 Å². The van der Waals surface area contributed by atoms with Crippen molar-refractivity contribution in [2.75, 3.05) is 0 Å². The van der Waals surface area contributed by atoms with E-state index in [1.54, 1.807) is 22.8 Å². The zero-order valence-corrected chi connectivity index (χ0v) is 6.99. The molecule has 0 unspecified atom stereocenters. The first-order valence-corrected chi connectivity index (χ1v) is 3.88. The van der Waals surface area contributed by atoms with Crippen LogP contribution < -0.4 is 5.73 Å². The van der Waals surface area contributed by atoms with Gasteiger partial charge in [-0.2, -0.15) is 5.10 Å². The first-order chi connectivity index (χ1) is 5.79. The Morgan fingerprint density at radius 2 is 2.33 bits per heavy atom. The monoisotopic (exact) mass is 182 g/mol. The van der Waals surface area contributed by atoms with E-state index in [1.165, 1.54) is 0 Å². The molecule has 2 rings (SSSR count). The third kappa shape index (κ3) is 1.15. The number of hydrogen-bond donors (Lipinski definition) is 1. The molecule has 0 atom stereocenters. The molecule has 0 saturated carbocycles. The van der Waals surface area contributed by atoms with Crippen LogP contribution in [0.4, 0.5) is 0 Å². The van der Waals surface area contributed by atoms with Gasteiger partial charge in [0, 0.05) is 6.54 Å². The van der Waals surface area contributed by atoms with Crippen LogP contribution in [-0.4, -0.2) is 14.6 Å². The Bertz CT molecular complexity index is 409. The highest BCUT2D eigenvalue weighted by molar-refractivity contribution is 6.29. The summed E-state index contributed by atoms with van der Waals surface area (Å²) in [6, 6.07) is 3.50. The summed E-state index contributed by atoms with van der Waals surface area (Å²) in [5, 5.41) is 4.46. The Morgan fingerprint density at radius 3 is 3.08 bits per heavy atom. The number of nitrogens with two attached hydrogens (primary N) is 1. The van der Waals surface area contributed by atoms with Crippen molar-refractivity contribution in [3.63, 3.8) is 0 Å². The summed E-state index contributed by atoms with van der Waals surface area (Å²) >= 11 is 5.68. The second-order valence-corrected chi connectivity index (χ2v) is 2.78. The fraction of sp³-hybridized carbons (Fsp3) is 0.143. The lowest BCUT2D eigenvalue weighted by molar-refractivity contribution is 0.929. The molecule has 5 heteroatoms. The van der Waals surface area contributed by atoms with Gasteiger partial charge in [-0.3, -0.25) is 0 Å². The molecule has 4 nitrogen and oxygen atoms in total. The molecule has 2 N–H and O–H groups in total. The van der Waals surface area contributed by atoms with Crippen molar-refractivity contribution in [3.8, 4) is 0 Å². The van der Waals surface area contributed by atoms with Crippen molar-refractivity contribution in [2.24, 2.45) is 5.73 Å². The highest BCUT2D eigenvalue weighted by Gasteiger charge is 1.99. The number of imidazole rings is 1. The summed E-state index contributed by atoms with van der Waals surface area (Å²) in [6.07, 6.45) is 1.77. The van der Waals surface area contributed by atoms with Gasteiger partial charge < -0.3 is 5.73 Å². The quantitative estimate of drug-likeness (QED) is 0.711. The zero-order chi connectivity index (χ0) is 8.55. The van der Waals surface area contributed by atoms with Crippen molar-refractivity contribution >= 4 is 17.2 Å². The van der Waals surface area contributed by atoms with Gasteiger partial charge in [-0.05, 0) is 12.1 Å². The van der Waals surface area contributed by atoms with E-state index in [4.69, 9.17) is 17.3 Å². The summed E-state index contributed by atoms with van der Waals surface area (Å²) in [7, 11) is 0. The van der Waals surface area contributed by atoms with Crippen LogP contribution in [0.3, 0.4) is 0 Å². The number of rotatable bonds is 1. The van der Waals surface area contributed by atoms with Crippen LogP contribution in [0.15, 0.2) is 18.3 Å². The maximum absolute atomic E-state index is 5.68. The number of hydrogen-bond acceptors (Lipinski definition) is 3. The zero-order valence-electron chi connectivity index (χ0n) is 6.24. The van der Waals surface area contributed by atoms with Crippen LogP contribution in [0, 0.1) is 0 Å². The molecule has 0 aliphatic rings. The molecule has 0 aliphatic heterocycles. The Balaban J connectivity index is 2.67. The Hall–Kier alpha value is -1.13. The maximum Gasteiger partial charge on any atom is 0.153 e. The van der Waals surface area contributed by atoms with Crippen LogP contribution in [0.2, 0.25) is 5.15 Å². The van der Waals surface area contributed by atoms with Gasteiger partial charge in [-0.15, -0.1) is 0 Å². The molecule has 0 bridgehead atoms. The Morgan fingerprint density at radius 1 is 1.50 bits per heavy atom. The van der Waals surface area contributed by atoms with E-state index in [9.17, 15) is 0 Å². The van der Waals surface area contributed by atoms with Gasteiger partial charge in [-0.1, -0.05) is 11.6 Å². The van der Waals surface area contributed by atoms with E-state index < -0.39 is 0 Å². The van der Waals surface area contributed by atoms with E-state index in [0.29, 0.717) is 11.7 Å². The van der Waals surface area contributed by atoms with Gasteiger partial charge in [0.25, 0.3) is 0 Å². The fourth-order valence-electron chi connectivity index (χ4n) is 1.01. The number of nitrogens with zero attached hydrogens (tertiary/aromatic N) is 3. The first-order valence-electron chi connectivity index (χ1n) is 3.50. The second kappa shape index (κ2) is 2.73. The largest absolute Gasteiger partial charge is 0.325 e. The molecule has 2 heterocycles. The molecule has 2 aromatic heterocycles.